The van der Waals surface area contributed by atoms with Crippen molar-refractivity contribution in [2.75, 3.05) is 12.4 Å². The fourth-order valence-corrected chi connectivity index (χ4v) is 1.33. The standard InChI is InChI=1S/C14H12N2/c1-15-14-6-2-4-12(10-14)7-8-13-5-3-9-16-11-13/h2-6,9-11,15H,1H3. The van der Waals surface area contributed by atoms with Crippen LogP contribution in [0.5, 0.6) is 0 Å². The second-order valence-electron chi connectivity index (χ2n) is 3.32. The van der Waals surface area contributed by atoms with Crippen LogP contribution in [0, 0.1) is 11.8 Å². The number of benzene rings is 1. The molecule has 78 valence electrons. The molecule has 0 fully saturated rings. The molecule has 0 amide bonds. The Morgan fingerprint density at radius 1 is 1.06 bits per heavy atom. The summed E-state index contributed by atoms with van der Waals surface area (Å²) in [4.78, 5) is 4.02. The molecule has 16 heavy (non-hydrogen) atoms. The molecule has 1 N–H and O–H groups in total. The van der Waals surface area contributed by atoms with Crippen molar-refractivity contribution >= 4 is 5.69 Å². The molecule has 0 aliphatic rings. The number of pyridine rings is 1. The number of anilines is 1. The van der Waals surface area contributed by atoms with E-state index in [1.165, 1.54) is 0 Å². The molecule has 0 spiro atoms. The van der Waals surface area contributed by atoms with E-state index in [0.717, 1.165) is 16.8 Å². The van der Waals surface area contributed by atoms with Gasteiger partial charge in [-0.2, -0.15) is 0 Å². The quantitative estimate of drug-likeness (QED) is 0.728. The zero-order chi connectivity index (χ0) is 11.2. The third kappa shape index (κ3) is 2.61. The average molecular weight is 208 g/mol. The van der Waals surface area contributed by atoms with Crippen LogP contribution in [0.25, 0.3) is 0 Å². The lowest BCUT2D eigenvalue weighted by Crippen LogP contribution is -1.87. The summed E-state index contributed by atoms with van der Waals surface area (Å²) in [6, 6.07) is 11.8. The van der Waals surface area contributed by atoms with E-state index in [4.69, 9.17) is 0 Å². The van der Waals surface area contributed by atoms with Crippen LogP contribution in [0.1, 0.15) is 11.1 Å². The zero-order valence-corrected chi connectivity index (χ0v) is 9.07. The molecule has 0 saturated heterocycles. The Kier molecular flexibility index (Phi) is 3.20. The summed E-state index contributed by atoms with van der Waals surface area (Å²) in [6.07, 6.45) is 3.50. The van der Waals surface area contributed by atoms with Gasteiger partial charge >= 0.3 is 0 Å². The van der Waals surface area contributed by atoms with Crippen molar-refractivity contribution in [1.29, 1.82) is 0 Å². The molecule has 1 aromatic heterocycles. The van der Waals surface area contributed by atoms with E-state index in [0.29, 0.717) is 0 Å². The predicted octanol–water partition coefficient (Wildman–Crippen LogP) is 2.52. The van der Waals surface area contributed by atoms with E-state index in [9.17, 15) is 0 Å². The molecule has 0 bridgehead atoms. The topological polar surface area (TPSA) is 24.9 Å². The minimum atomic E-state index is 0.928. The molecular formula is C14H12N2. The number of hydrogen-bond acceptors (Lipinski definition) is 2. The number of aromatic nitrogens is 1. The zero-order valence-electron chi connectivity index (χ0n) is 9.07. The third-order valence-corrected chi connectivity index (χ3v) is 2.16. The van der Waals surface area contributed by atoms with Crippen LogP contribution < -0.4 is 5.32 Å². The lowest BCUT2D eigenvalue weighted by Gasteiger charge is -1.98. The Morgan fingerprint density at radius 3 is 2.62 bits per heavy atom. The largest absolute Gasteiger partial charge is 0.388 e. The van der Waals surface area contributed by atoms with Crippen molar-refractivity contribution in [2.24, 2.45) is 0 Å². The van der Waals surface area contributed by atoms with Crippen molar-refractivity contribution in [3.05, 3.63) is 59.9 Å². The molecule has 0 aliphatic carbocycles. The summed E-state index contributed by atoms with van der Waals surface area (Å²) in [5.74, 6) is 6.18. The van der Waals surface area contributed by atoms with Crippen LogP contribution in [0.2, 0.25) is 0 Å². The molecule has 2 aromatic rings. The second-order valence-corrected chi connectivity index (χ2v) is 3.32. The summed E-state index contributed by atoms with van der Waals surface area (Å²) in [6.45, 7) is 0. The molecule has 1 aromatic carbocycles. The van der Waals surface area contributed by atoms with Crippen molar-refractivity contribution < 1.29 is 0 Å². The molecule has 1 heterocycles. The Hall–Kier alpha value is -2.27. The normalized spacial score (nSPS) is 9.06. The van der Waals surface area contributed by atoms with Gasteiger partial charge in [-0.05, 0) is 30.3 Å². The van der Waals surface area contributed by atoms with Crippen molar-refractivity contribution in [1.82, 2.24) is 4.98 Å². The fraction of sp³-hybridized carbons (Fsp3) is 0.0714. The van der Waals surface area contributed by atoms with Crippen LogP contribution in [0.15, 0.2) is 48.8 Å². The smallest absolute Gasteiger partial charge is 0.0432 e. The van der Waals surface area contributed by atoms with Gasteiger partial charge in [-0.15, -0.1) is 0 Å². The van der Waals surface area contributed by atoms with Crippen LogP contribution >= 0.6 is 0 Å². The van der Waals surface area contributed by atoms with Crippen LogP contribution in [0.3, 0.4) is 0 Å². The molecule has 0 aliphatic heterocycles. The van der Waals surface area contributed by atoms with Gasteiger partial charge in [-0.25, -0.2) is 0 Å². The van der Waals surface area contributed by atoms with E-state index < -0.39 is 0 Å². The molecule has 0 unspecified atom stereocenters. The molecule has 0 saturated carbocycles. The minimum absolute atomic E-state index is 0.928. The highest BCUT2D eigenvalue weighted by atomic mass is 14.8. The molecule has 0 radical (unpaired) electrons. The van der Waals surface area contributed by atoms with Gasteiger partial charge in [0, 0.05) is 36.3 Å². The Morgan fingerprint density at radius 2 is 1.88 bits per heavy atom. The number of nitrogens with one attached hydrogen (secondary N) is 1. The molecule has 0 atom stereocenters. The highest BCUT2D eigenvalue weighted by Crippen LogP contribution is 2.08. The first kappa shape index (κ1) is 10.3. The Balaban J connectivity index is 2.24. The lowest BCUT2D eigenvalue weighted by molar-refractivity contribution is 1.31. The van der Waals surface area contributed by atoms with Gasteiger partial charge in [0.05, 0.1) is 0 Å². The monoisotopic (exact) mass is 208 g/mol. The SMILES string of the molecule is CNc1cccc(C#Cc2cccnc2)c1. The van der Waals surface area contributed by atoms with Crippen LogP contribution in [0.4, 0.5) is 5.69 Å². The highest BCUT2D eigenvalue weighted by molar-refractivity contribution is 5.51. The lowest BCUT2D eigenvalue weighted by atomic mass is 10.2. The van der Waals surface area contributed by atoms with E-state index in [2.05, 4.69) is 22.1 Å². The maximum Gasteiger partial charge on any atom is 0.0432 e. The Labute approximate surface area is 95.4 Å². The van der Waals surface area contributed by atoms with Crippen molar-refractivity contribution in [3.8, 4) is 11.8 Å². The maximum absolute atomic E-state index is 4.02. The number of hydrogen-bond donors (Lipinski definition) is 1. The molecule has 2 rings (SSSR count). The van der Waals surface area contributed by atoms with Gasteiger partial charge in [0.2, 0.25) is 0 Å². The van der Waals surface area contributed by atoms with Gasteiger partial charge in [-0.3, -0.25) is 4.98 Å². The first-order valence-corrected chi connectivity index (χ1v) is 5.08. The predicted molar refractivity (Wildman–Crippen MR) is 66.2 cm³/mol. The number of rotatable bonds is 1. The van der Waals surface area contributed by atoms with Gasteiger partial charge < -0.3 is 5.32 Å². The minimum Gasteiger partial charge on any atom is -0.388 e. The third-order valence-electron chi connectivity index (χ3n) is 2.16. The van der Waals surface area contributed by atoms with Gasteiger partial charge in [0.15, 0.2) is 0 Å². The summed E-state index contributed by atoms with van der Waals surface area (Å²) in [5, 5.41) is 3.09. The summed E-state index contributed by atoms with van der Waals surface area (Å²) >= 11 is 0. The van der Waals surface area contributed by atoms with Crippen LogP contribution in [-0.4, -0.2) is 12.0 Å². The molecule has 2 nitrogen and oxygen atoms in total. The van der Waals surface area contributed by atoms with E-state index in [1.54, 1.807) is 12.4 Å². The van der Waals surface area contributed by atoms with Crippen molar-refractivity contribution in [3.63, 3.8) is 0 Å². The highest BCUT2D eigenvalue weighted by Gasteiger charge is 1.89. The van der Waals surface area contributed by atoms with Crippen LogP contribution in [-0.2, 0) is 0 Å². The maximum atomic E-state index is 4.02. The van der Waals surface area contributed by atoms with E-state index >= 15 is 0 Å². The summed E-state index contributed by atoms with van der Waals surface area (Å²) in [5.41, 5.74) is 2.99. The summed E-state index contributed by atoms with van der Waals surface area (Å²) < 4.78 is 0. The van der Waals surface area contributed by atoms with E-state index in [-0.39, 0.29) is 0 Å². The fourth-order valence-electron chi connectivity index (χ4n) is 1.33. The average Bonchev–Trinajstić information content (AvgIpc) is 2.38. The first-order chi connectivity index (χ1) is 7.88. The van der Waals surface area contributed by atoms with Gasteiger partial charge in [0.1, 0.15) is 0 Å². The first-order valence-electron chi connectivity index (χ1n) is 5.08. The Bertz CT molecular complexity index is 521. The van der Waals surface area contributed by atoms with Gasteiger partial charge in [0.25, 0.3) is 0 Å². The molecular weight excluding hydrogens is 196 g/mol. The second kappa shape index (κ2) is 4.99. The number of nitrogens with zero attached hydrogens (tertiary/aromatic N) is 1. The van der Waals surface area contributed by atoms with Crippen molar-refractivity contribution in [2.45, 2.75) is 0 Å². The van der Waals surface area contributed by atoms with Gasteiger partial charge in [-0.1, -0.05) is 17.9 Å². The molecule has 2 heteroatoms. The summed E-state index contributed by atoms with van der Waals surface area (Å²) in [7, 11) is 1.90. The van der Waals surface area contributed by atoms with E-state index in [1.807, 2.05) is 43.4 Å².